The Morgan fingerprint density at radius 1 is 0.846 bits per heavy atom. The maximum Gasteiger partial charge on any atom is 0.185 e. The predicted octanol–water partition coefficient (Wildman–Crippen LogP) is 4.91. The van der Waals surface area contributed by atoms with Crippen molar-refractivity contribution in [2.45, 2.75) is 26.2 Å². The molecule has 0 saturated carbocycles. The molecule has 4 heteroatoms. The van der Waals surface area contributed by atoms with Crippen LogP contribution in [-0.2, 0) is 5.41 Å². The molecule has 0 heterocycles. The number of hydrogen-bond donors (Lipinski definition) is 0. The van der Waals surface area contributed by atoms with E-state index in [1.165, 1.54) is 11.6 Å². The van der Waals surface area contributed by atoms with E-state index in [1.807, 2.05) is 24.3 Å². The number of hydrogen-bond acceptors (Lipinski definition) is 4. The predicted molar refractivity (Wildman–Crippen MR) is 105 cm³/mol. The number of rotatable bonds is 6. The van der Waals surface area contributed by atoms with Gasteiger partial charge in [0.15, 0.2) is 17.3 Å². The van der Waals surface area contributed by atoms with Crippen molar-refractivity contribution in [3.05, 3.63) is 59.2 Å². The second kappa shape index (κ2) is 8.09. The molecule has 0 aliphatic heterocycles. The van der Waals surface area contributed by atoms with Gasteiger partial charge < -0.3 is 14.2 Å². The molecule has 0 aromatic heterocycles. The first-order valence-corrected chi connectivity index (χ1v) is 8.43. The van der Waals surface area contributed by atoms with Gasteiger partial charge in [-0.15, -0.1) is 0 Å². The van der Waals surface area contributed by atoms with Gasteiger partial charge in [-0.05, 0) is 29.2 Å². The molecule has 26 heavy (non-hydrogen) atoms. The minimum atomic E-state index is -0.0673. The van der Waals surface area contributed by atoms with Crippen LogP contribution in [0.5, 0.6) is 17.2 Å². The van der Waals surface area contributed by atoms with Crippen molar-refractivity contribution in [2.24, 2.45) is 0 Å². The molecule has 0 unspecified atom stereocenters. The molecule has 2 rings (SSSR count). The molecular formula is C22H26O4. The summed E-state index contributed by atoms with van der Waals surface area (Å²) < 4.78 is 16.0. The Kier molecular flexibility index (Phi) is 6.09. The Balaban J connectivity index is 2.27. The molecule has 138 valence electrons. The van der Waals surface area contributed by atoms with Crippen LogP contribution in [-0.4, -0.2) is 27.1 Å². The summed E-state index contributed by atoms with van der Waals surface area (Å²) in [4.78, 5) is 12.5. The molecule has 2 aromatic rings. The summed E-state index contributed by atoms with van der Waals surface area (Å²) in [6.45, 7) is 6.44. The highest BCUT2D eigenvalue weighted by Crippen LogP contribution is 2.35. The standard InChI is InChI=1S/C22H26O4/c1-22(2,3)17-10-7-15(8-11-17)18(23)12-9-16-13-20(25-5)21(26-6)14-19(16)24-4/h7-14H,1-6H3/b12-9+. The van der Waals surface area contributed by atoms with E-state index in [0.29, 0.717) is 22.8 Å². The normalized spacial score (nSPS) is 11.5. The van der Waals surface area contributed by atoms with Crippen LogP contribution in [0.15, 0.2) is 42.5 Å². The van der Waals surface area contributed by atoms with Gasteiger partial charge in [-0.3, -0.25) is 4.79 Å². The van der Waals surface area contributed by atoms with E-state index in [1.54, 1.807) is 39.5 Å². The second-order valence-electron chi connectivity index (χ2n) is 6.97. The number of carbonyl (C=O) groups is 1. The molecule has 0 aliphatic rings. The van der Waals surface area contributed by atoms with Crippen molar-refractivity contribution < 1.29 is 19.0 Å². The lowest BCUT2D eigenvalue weighted by molar-refractivity contribution is 0.104. The fourth-order valence-corrected chi connectivity index (χ4v) is 2.58. The summed E-state index contributed by atoms with van der Waals surface area (Å²) in [6, 6.07) is 11.2. The zero-order valence-corrected chi connectivity index (χ0v) is 16.3. The molecule has 0 saturated heterocycles. The zero-order chi connectivity index (χ0) is 19.3. The fraction of sp³-hybridized carbons (Fsp3) is 0.318. The van der Waals surface area contributed by atoms with E-state index in [0.717, 1.165) is 5.56 Å². The van der Waals surface area contributed by atoms with Crippen LogP contribution < -0.4 is 14.2 Å². The van der Waals surface area contributed by atoms with Gasteiger partial charge in [0.05, 0.1) is 21.3 Å². The molecule has 0 N–H and O–H groups in total. The highest BCUT2D eigenvalue weighted by atomic mass is 16.5. The molecule has 2 aromatic carbocycles. The topological polar surface area (TPSA) is 44.8 Å². The number of allylic oxidation sites excluding steroid dienone is 1. The van der Waals surface area contributed by atoms with Crippen LogP contribution in [0.2, 0.25) is 0 Å². The average Bonchev–Trinajstić information content (AvgIpc) is 2.64. The van der Waals surface area contributed by atoms with E-state index < -0.39 is 0 Å². The monoisotopic (exact) mass is 354 g/mol. The van der Waals surface area contributed by atoms with Gasteiger partial charge in [-0.2, -0.15) is 0 Å². The molecular weight excluding hydrogens is 328 g/mol. The lowest BCUT2D eigenvalue weighted by Gasteiger charge is -2.18. The molecule has 0 bridgehead atoms. The maximum absolute atomic E-state index is 12.5. The molecule has 0 atom stereocenters. The lowest BCUT2D eigenvalue weighted by atomic mass is 9.86. The Morgan fingerprint density at radius 3 is 1.88 bits per heavy atom. The fourth-order valence-electron chi connectivity index (χ4n) is 2.58. The average molecular weight is 354 g/mol. The van der Waals surface area contributed by atoms with Gasteiger partial charge in [0.1, 0.15) is 5.75 Å². The third kappa shape index (κ3) is 4.45. The SMILES string of the molecule is COc1cc(OC)c(OC)cc1/C=C/C(=O)c1ccc(C(C)(C)C)cc1. The number of ether oxygens (including phenoxy) is 3. The van der Waals surface area contributed by atoms with Crippen molar-refractivity contribution in [3.63, 3.8) is 0 Å². The molecule has 0 aliphatic carbocycles. The Labute approximate surface area is 155 Å². The van der Waals surface area contributed by atoms with Crippen molar-refractivity contribution in [2.75, 3.05) is 21.3 Å². The van der Waals surface area contributed by atoms with E-state index in [-0.39, 0.29) is 11.2 Å². The molecule has 0 spiro atoms. The van der Waals surface area contributed by atoms with Gasteiger partial charge in [-0.1, -0.05) is 45.0 Å². The number of methoxy groups -OCH3 is 3. The smallest absolute Gasteiger partial charge is 0.185 e. The first-order chi connectivity index (χ1) is 12.3. The summed E-state index contributed by atoms with van der Waals surface area (Å²) in [5.41, 5.74) is 2.64. The minimum absolute atomic E-state index is 0.0600. The number of benzene rings is 2. The van der Waals surface area contributed by atoms with E-state index >= 15 is 0 Å². The maximum atomic E-state index is 12.5. The van der Waals surface area contributed by atoms with E-state index in [9.17, 15) is 4.79 Å². The summed E-state index contributed by atoms with van der Waals surface area (Å²) in [5.74, 6) is 1.69. The highest BCUT2D eigenvalue weighted by molar-refractivity contribution is 6.07. The number of carbonyl (C=O) groups excluding carboxylic acids is 1. The third-order valence-electron chi connectivity index (χ3n) is 4.19. The first kappa shape index (κ1) is 19.6. The second-order valence-corrected chi connectivity index (χ2v) is 6.97. The largest absolute Gasteiger partial charge is 0.496 e. The van der Waals surface area contributed by atoms with Crippen molar-refractivity contribution in [1.29, 1.82) is 0 Å². The summed E-state index contributed by atoms with van der Waals surface area (Å²) in [7, 11) is 4.71. The molecule has 4 nitrogen and oxygen atoms in total. The zero-order valence-electron chi connectivity index (χ0n) is 16.3. The quantitative estimate of drug-likeness (QED) is 0.546. The Morgan fingerprint density at radius 2 is 1.38 bits per heavy atom. The van der Waals surface area contributed by atoms with Gasteiger partial charge in [-0.25, -0.2) is 0 Å². The molecule has 0 fully saturated rings. The third-order valence-corrected chi connectivity index (χ3v) is 4.19. The number of ketones is 1. The lowest BCUT2D eigenvalue weighted by Crippen LogP contribution is -2.11. The minimum Gasteiger partial charge on any atom is -0.496 e. The Bertz CT molecular complexity index is 796. The van der Waals surface area contributed by atoms with Crippen molar-refractivity contribution in [1.82, 2.24) is 0 Å². The van der Waals surface area contributed by atoms with E-state index in [4.69, 9.17) is 14.2 Å². The molecule has 0 radical (unpaired) electrons. The van der Waals surface area contributed by atoms with E-state index in [2.05, 4.69) is 20.8 Å². The van der Waals surface area contributed by atoms with Crippen molar-refractivity contribution in [3.8, 4) is 17.2 Å². The first-order valence-electron chi connectivity index (χ1n) is 8.43. The van der Waals surface area contributed by atoms with Crippen LogP contribution >= 0.6 is 0 Å². The van der Waals surface area contributed by atoms with Crippen LogP contribution in [0.25, 0.3) is 6.08 Å². The van der Waals surface area contributed by atoms with Crippen LogP contribution in [0.1, 0.15) is 42.3 Å². The summed E-state index contributed by atoms with van der Waals surface area (Å²) in [6.07, 6.45) is 3.26. The molecule has 0 amide bonds. The van der Waals surface area contributed by atoms with Gasteiger partial charge in [0.25, 0.3) is 0 Å². The van der Waals surface area contributed by atoms with Crippen LogP contribution in [0.4, 0.5) is 0 Å². The van der Waals surface area contributed by atoms with Crippen LogP contribution in [0.3, 0.4) is 0 Å². The Hall–Kier alpha value is -2.75. The van der Waals surface area contributed by atoms with Crippen molar-refractivity contribution >= 4 is 11.9 Å². The highest BCUT2D eigenvalue weighted by Gasteiger charge is 2.14. The van der Waals surface area contributed by atoms with Gasteiger partial charge in [0.2, 0.25) is 0 Å². The van der Waals surface area contributed by atoms with Crippen LogP contribution in [0, 0.1) is 0 Å². The summed E-state index contributed by atoms with van der Waals surface area (Å²) >= 11 is 0. The summed E-state index contributed by atoms with van der Waals surface area (Å²) in [5, 5.41) is 0. The van der Waals surface area contributed by atoms with Gasteiger partial charge in [0, 0.05) is 17.2 Å². The van der Waals surface area contributed by atoms with Gasteiger partial charge >= 0.3 is 0 Å².